The monoisotopic (exact) mass is 356 g/mol. The van der Waals surface area contributed by atoms with Gasteiger partial charge in [0.25, 0.3) is 0 Å². The highest BCUT2D eigenvalue weighted by Crippen LogP contribution is 2.27. The van der Waals surface area contributed by atoms with E-state index in [1.807, 2.05) is 56.3 Å². The number of nitrogens with one attached hydrogen (secondary N) is 1. The predicted octanol–water partition coefficient (Wildman–Crippen LogP) is 3.19. The van der Waals surface area contributed by atoms with Gasteiger partial charge in [-0.05, 0) is 55.3 Å². The highest BCUT2D eigenvalue weighted by molar-refractivity contribution is 5.84. The summed E-state index contributed by atoms with van der Waals surface area (Å²) in [7, 11) is 1.61. The van der Waals surface area contributed by atoms with Crippen LogP contribution in [0.1, 0.15) is 25.0 Å². The van der Waals surface area contributed by atoms with Gasteiger partial charge in [0.05, 0.1) is 33.0 Å². The third-order valence-corrected chi connectivity index (χ3v) is 3.49. The van der Waals surface area contributed by atoms with Crippen molar-refractivity contribution < 1.29 is 19.0 Å². The third-order valence-electron chi connectivity index (χ3n) is 3.49. The first-order chi connectivity index (χ1) is 12.7. The summed E-state index contributed by atoms with van der Waals surface area (Å²) < 4.78 is 16.2. The number of rotatable bonds is 9. The van der Waals surface area contributed by atoms with Crippen molar-refractivity contribution >= 4 is 12.1 Å². The number of ether oxygens (including phenoxy) is 3. The molecule has 0 bridgehead atoms. The van der Waals surface area contributed by atoms with Gasteiger partial charge in [0.2, 0.25) is 5.91 Å². The molecule has 0 fully saturated rings. The zero-order valence-electron chi connectivity index (χ0n) is 15.3. The predicted molar refractivity (Wildman–Crippen MR) is 101 cm³/mol. The number of methoxy groups -OCH3 is 1. The van der Waals surface area contributed by atoms with E-state index < -0.39 is 0 Å². The molecule has 0 radical (unpaired) electrons. The van der Waals surface area contributed by atoms with Crippen LogP contribution in [-0.2, 0) is 11.2 Å². The third kappa shape index (κ3) is 5.81. The molecule has 138 valence electrons. The molecule has 26 heavy (non-hydrogen) atoms. The SMILES string of the molecule is CCOc1ccc(/C=N\NC(=O)Cc2ccc(OC)cc2)cc1OCC. The summed E-state index contributed by atoms with van der Waals surface area (Å²) in [5, 5.41) is 4.00. The summed E-state index contributed by atoms with van der Waals surface area (Å²) in [6.07, 6.45) is 1.82. The minimum absolute atomic E-state index is 0.192. The number of hydrazone groups is 1. The Hall–Kier alpha value is -3.02. The van der Waals surface area contributed by atoms with E-state index in [9.17, 15) is 4.79 Å². The second-order valence-corrected chi connectivity index (χ2v) is 5.39. The summed E-state index contributed by atoms with van der Waals surface area (Å²) in [5.74, 6) is 1.91. The molecule has 1 N–H and O–H groups in total. The highest BCUT2D eigenvalue weighted by Gasteiger charge is 2.06. The number of hydrogen-bond acceptors (Lipinski definition) is 5. The summed E-state index contributed by atoms with van der Waals surface area (Å²) in [4.78, 5) is 12.0. The normalized spacial score (nSPS) is 10.6. The molecular formula is C20H24N2O4. The van der Waals surface area contributed by atoms with E-state index in [1.165, 1.54) is 0 Å². The standard InChI is InChI=1S/C20H24N2O4/c1-4-25-18-11-8-16(12-19(18)26-5-2)14-21-22-20(23)13-15-6-9-17(24-3)10-7-15/h6-12,14H,4-5,13H2,1-3H3,(H,22,23)/b21-14-. The molecule has 0 saturated carbocycles. The second-order valence-electron chi connectivity index (χ2n) is 5.39. The lowest BCUT2D eigenvalue weighted by molar-refractivity contribution is -0.120. The molecule has 0 saturated heterocycles. The van der Waals surface area contributed by atoms with E-state index in [0.717, 1.165) is 16.9 Å². The van der Waals surface area contributed by atoms with Gasteiger partial charge in [0, 0.05) is 0 Å². The molecule has 6 heteroatoms. The van der Waals surface area contributed by atoms with Crippen molar-refractivity contribution in [3.8, 4) is 17.2 Å². The molecule has 0 aromatic heterocycles. The van der Waals surface area contributed by atoms with Gasteiger partial charge in [-0.2, -0.15) is 5.10 Å². The van der Waals surface area contributed by atoms with Gasteiger partial charge >= 0.3 is 0 Å². The second kappa shape index (κ2) is 10.1. The van der Waals surface area contributed by atoms with Gasteiger partial charge in [-0.1, -0.05) is 12.1 Å². The maximum absolute atomic E-state index is 12.0. The molecule has 0 atom stereocenters. The molecule has 1 amide bonds. The minimum atomic E-state index is -0.192. The number of carbonyl (C=O) groups excluding carboxylic acids is 1. The molecule has 0 spiro atoms. The first-order valence-corrected chi connectivity index (χ1v) is 8.50. The van der Waals surface area contributed by atoms with Crippen LogP contribution in [0.2, 0.25) is 0 Å². The van der Waals surface area contributed by atoms with Crippen molar-refractivity contribution in [3.63, 3.8) is 0 Å². The first-order valence-electron chi connectivity index (χ1n) is 8.50. The Bertz CT molecular complexity index is 742. The van der Waals surface area contributed by atoms with Gasteiger partial charge in [-0.25, -0.2) is 5.43 Å². The fourth-order valence-corrected chi connectivity index (χ4v) is 2.30. The summed E-state index contributed by atoms with van der Waals surface area (Å²) in [5.41, 5.74) is 4.22. The van der Waals surface area contributed by atoms with Gasteiger partial charge in [-0.15, -0.1) is 0 Å². The Kier molecular flexibility index (Phi) is 7.49. The summed E-state index contributed by atoms with van der Waals surface area (Å²) in [6.45, 7) is 4.94. The van der Waals surface area contributed by atoms with Gasteiger partial charge in [0.15, 0.2) is 11.5 Å². The highest BCUT2D eigenvalue weighted by atomic mass is 16.5. The van der Waals surface area contributed by atoms with Gasteiger partial charge in [-0.3, -0.25) is 4.79 Å². The molecule has 0 aliphatic carbocycles. The summed E-state index contributed by atoms with van der Waals surface area (Å²) in [6, 6.07) is 12.9. The van der Waals surface area contributed by atoms with Crippen LogP contribution in [0.15, 0.2) is 47.6 Å². The molecule has 0 unspecified atom stereocenters. The number of hydrogen-bond donors (Lipinski definition) is 1. The van der Waals surface area contributed by atoms with Crippen molar-refractivity contribution in [3.05, 3.63) is 53.6 Å². The Morgan fingerprint density at radius 1 is 1.04 bits per heavy atom. The zero-order valence-corrected chi connectivity index (χ0v) is 15.3. The average molecular weight is 356 g/mol. The first kappa shape index (κ1) is 19.3. The van der Waals surface area contributed by atoms with E-state index in [0.29, 0.717) is 24.7 Å². The molecule has 2 aromatic rings. The molecule has 2 aromatic carbocycles. The van der Waals surface area contributed by atoms with Crippen molar-refractivity contribution in [2.45, 2.75) is 20.3 Å². The van der Waals surface area contributed by atoms with Crippen LogP contribution in [0.4, 0.5) is 0 Å². The zero-order chi connectivity index (χ0) is 18.8. The Labute approximate surface area is 153 Å². The lowest BCUT2D eigenvalue weighted by Gasteiger charge is -2.11. The van der Waals surface area contributed by atoms with E-state index >= 15 is 0 Å². The lowest BCUT2D eigenvalue weighted by atomic mass is 10.1. The number of nitrogens with zero attached hydrogens (tertiary/aromatic N) is 1. The molecule has 2 rings (SSSR count). The lowest BCUT2D eigenvalue weighted by Crippen LogP contribution is -2.19. The van der Waals surface area contributed by atoms with Crippen LogP contribution >= 0.6 is 0 Å². The van der Waals surface area contributed by atoms with Crippen molar-refractivity contribution in [1.29, 1.82) is 0 Å². The molecule has 0 heterocycles. The summed E-state index contributed by atoms with van der Waals surface area (Å²) >= 11 is 0. The maximum Gasteiger partial charge on any atom is 0.244 e. The number of amides is 1. The number of carbonyl (C=O) groups is 1. The van der Waals surface area contributed by atoms with Gasteiger partial charge < -0.3 is 14.2 Å². The van der Waals surface area contributed by atoms with E-state index in [1.54, 1.807) is 13.3 Å². The van der Waals surface area contributed by atoms with Crippen molar-refractivity contribution in [2.75, 3.05) is 20.3 Å². The minimum Gasteiger partial charge on any atom is -0.497 e. The number of benzene rings is 2. The van der Waals surface area contributed by atoms with Crippen molar-refractivity contribution in [1.82, 2.24) is 5.43 Å². The van der Waals surface area contributed by atoms with E-state index in [4.69, 9.17) is 14.2 Å². The molecule has 6 nitrogen and oxygen atoms in total. The quantitative estimate of drug-likeness (QED) is 0.553. The smallest absolute Gasteiger partial charge is 0.244 e. The molecule has 0 aliphatic heterocycles. The van der Waals surface area contributed by atoms with Crippen LogP contribution in [0, 0.1) is 0 Å². The van der Waals surface area contributed by atoms with Crippen LogP contribution in [0.25, 0.3) is 0 Å². The van der Waals surface area contributed by atoms with Crippen LogP contribution in [0.5, 0.6) is 17.2 Å². The van der Waals surface area contributed by atoms with Crippen LogP contribution in [-0.4, -0.2) is 32.4 Å². The van der Waals surface area contributed by atoms with Crippen LogP contribution < -0.4 is 19.6 Å². The Balaban J connectivity index is 1.93. The van der Waals surface area contributed by atoms with Gasteiger partial charge in [0.1, 0.15) is 5.75 Å². The van der Waals surface area contributed by atoms with E-state index in [-0.39, 0.29) is 12.3 Å². The fourth-order valence-electron chi connectivity index (χ4n) is 2.30. The largest absolute Gasteiger partial charge is 0.497 e. The topological polar surface area (TPSA) is 69.2 Å². The Morgan fingerprint density at radius 2 is 1.73 bits per heavy atom. The molecular weight excluding hydrogens is 332 g/mol. The van der Waals surface area contributed by atoms with E-state index in [2.05, 4.69) is 10.5 Å². The maximum atomic E-state index is 12.0. The van der Waals surface area contributed by atoms with Crippen LogP contribution in [0.3, 0.4) is 0 Å². The van der Waals surface area contributed by atoms with Crippen molar-refractivity contribution in [2.24, 2.45) is 5.10 Å². The fraction of sp³-hybridized carbons (Fsp3) is 0.300. The Morgan fingerprint density at radius 3 is 2.38 bits per heavy atom. The molecule has 0 aliphatic rings. The average Bonchev–Trinajstić information content (AvgIpc) is 2.65.